The zero-order valence-electron chi connectivity index (χ0n) is 20.1. The van der Waals surface area contributed by atoms with Crippen LogP contribution in [0, 0.1) is 5.92 Å². The molecule has 0 atom stereocenters. The van der Waals surface area contributed by atoms with Gasteiger partial charge < -0.3 is 10.2 Å². The van der Waals surface area contributed by atoms with Gasteiger partial charge in [-0.05, 0) is 60.0 Å². The highest BCUT2D eigenvalue weighted by Crippen LogP contribution is 2.29. The minimum Gasteiger partial charge on any atom is -0.377 e. The molecule has 0 aliphatic heterocycles. The van der Waals surface area contributed by atoms with Crippen LogP contribution >= 0.6 is 23.2 Å². The van der Waals surface area contributed by atoms with Crippen molar-refractivity contribution in [3.8, 4) is 0 Å². The number of sulfonamides is 1. The molecule has 0 saturated heterocycles. The summed E-state index contributed by atoms with van der Waals surface area (Å²) >= 11 is 12.2. The van der Waals surface area contributed by atoms with E-state index >= 15 is 0 Å². The van der Waals surface area contributed by atoms with Crippen LogP contribution in [0.3, 0.4) is 0 Å². The summed E-state index contributed by atoms with van der Waals surface area (Å²) in [7, 11) is -0.0423. The van der Waals surface area contributed by atoms with Gasteiger partial charge in [0.25, 0.3) is 5.91 Å². The Morgan fingerprint density at radius 3 is 2.31 bits per heavy atom. The van der Waals surface area contributed by atoms with Gasteiger partial charge in [0.1, 0.15) is 0 Å². The number of carbonyl (C=O) groups is 1. The minimum atomic E-state index is -3.82. The van der Waals surface area contributed by atoms with Gasteiger partial charge in [0.05, 0.1) is 15.5 Å². The van der Waals surface area contributed by atoms with Crippen LogP contribution in [0.2, 0.25) is 10.0 Å². The van der Waals surface area contributed by atoms with E-state index in [1.54, 1.807) is 54.6 Å². The summed E-state index contributed by atoms with van der Waals surface area (Å²) in [4.78, 5) is 14.8. The van der Waals surface area contributed by atoms with E-state index in [0.29, 0.717) is 27.8 Å². The Labute approximate surface area is 217 Å². The van der Waals surface area contributed by atoms with Gasteiger partial charge in [0.2, 0.25) is 10.0 Å². The van der Waals surface area contributed by atoms with Gasteiger partial charge in [-0.15, -0.1) is 0 Å². The van der Waals surface area contributed by atoms with Crippen LogP contribution in [0.15, 0.2) is 71.6 Å². The number of hydrogen-bond donors (Lipinski definition) is 1. The first kappa shape index (κ1) is 27.0. The molecule has 186 valence electrons. The smallest absolute Gasteiger partial charge is 0.257 e. The molecule has 0 aliphatic carbocycles. The van der Waals surface area contributed by atoms with Crippen molar-refractivity contribution >= 4 is 50.5 Å². The predicted molar refractivity (Wildman–Crippen MR) is 144 cm³/mol. The van der Waals surface area contributed by atoms with Crippen molar-refractivity contribution in [3.63, 3.8) is 0 Å². The van der Waals surface area contributed by atoms with E-state index in [0.717, 1.165) is 11.3 Å². The van der Waals surface area contributed by atoms with E-state index in [-0.39, 0.29) is 23.3 Å². The third-order valence-corrected chi connectivity index (χ3v) is 7.66. The lowest BCUT2D eigenvalue weighted by molar-refractivity contribution is 0.102. The van der Waals surface area contributed by atoms with Crippen molar-refractivity contribution in [2.45, 2.75) is 25.3 Å². The maximum atomic E-state index is 13.6. The molecule has 0 aliphatic rings. The van der Waals surface area contributed by atoms with Crippen molar-refractivity contribution in [3.05, 3.63) is 87.9 Å². The van der Waals surface area contributed by atoms with Crippen LogP contribution in [-0.2, 0) is 16.6 Å². The fourth-order valence-electron chi connectivity index (χ4n) is 3.69. The van der Waals surface area contributed by atoms with E-state index in [1.165, 1.54) is 10.4 Å². The Hall–Kier alpha value is -2.58. The number of amides is 1. The Morgan fingerprint density at radius 2 is 1.69 bits per heavy atom. The van der Waals surface area contributed by atoms with E-state index in [2.05, 4.69) is 5.32 Å². The van der Waals surface area contributed by atoms with Gasteiger partial charge in [0, 0.05) is 43.6 Å². The highest BCUT2D eigenvalue weighted by molar-refractivity contribution is 7.89. The molecule has 0 bridgehead atoms. The zero-order valence-corrected chi connectivity index (χ0v) is 22.5. The Balaban J connectivity index is 1.98. The summed E-state index contributed by atoms with van der Waals surface area (Å²) in [5.74, 6) is -0.250. The quantitative estimate of drug-likeness (QED) is 0.357. The Kier molecular flexibility index (Phi) is 8.83. The lowest BCUT2D eigenvalue weighted by Crippen LogP contribution is -2.34. The van der Waals surface area contributed by atoms with Crippen molar-refractivity contribution in [2.75, 3.05) is 30.9 Å². The molecule has 0 heterocycles. The standard InChI is InChI=1S/C26H29Cl2N3O3S/c1-18(2)16-31(35(33,34)22-9-7-8-20(27)15-22)17-19-14-21(12-13-25(19)30(3)4)29-26(32)23-10-5-6-11-24(23)28/h5-15,18H,16-17H2,1-4H3,(H,29,32). The normalized spacial score (nSPS) is 11.7. The molecule has 35 heavy (non-hydrogen) atoms. The fourth-order valence-corrected chi connectivity index (χ4v) is 5.80. The summed E-state index contributed by atoms with van der Waals surface area (Å²) in [6.45, 7) is 4.37. The highest BCUT2D eigenvalue weighted by atomic mass is 35.5. The Morgan fingerprint density at radius 1 is 0.971 bits per heavy atom. The molecule has 6 nitrogen and oxygen atoms in total. The summed E-state index contributed by atoms with van der Waals surface area (Å²) in [6, 6.07) is 18.5. The molecule has 0 unspecified atom stereocenters. The van der Waals surface area contributed by atoms with E-state index in [9.17, 15) is 13.2 Å². The molecule has 9 heteroatoms. The van der Waals surface area contributed by atoms with Crippen LogP contribution in [0.25, 0.3) is 0 Å². The van der Waals surface area contributed by atoms with Gasteiger partial charge in [0.15, 0.2) is 0 Å². The second-order valence-electron chi connectivity index (χ2n) is 8.82. The molecule has 0 fully saturated rings. The van der Waals surface area contributed by atoms with Crippen molar-refractivity contribution in [1.29, 1.82) is 0 Å². The first-order valence-electron chi connectivity index (χ1n) is 11.1. The zero-order chi connectivity index (χ0) is 25.8. The van der Waals surface area contributed by atoms with Crippen LogP contribution in [0.4, 0.5) is 11.4 Å². The first-order valence-corrected chi connectivity index (χ1v) is 13.3. The van der Waals surface area contributed by atoms with Crippen molar-refractivity contribution in [2.24, 2.45) is 5.92 Å². The minimum absolute atomic E-state index is 0.0925. The van der Waals surface area contributed by atoms with Gasteiger partial charge in [-0.1, -0.05) is 55.2 Å². The highest BCUT2D eigenvalue weighted by Gasteiger charge is 2.27. The number of benzene rings is 3. The van der Waals surface area contributed by atoms with Gasteiger partial charge in [-0.2, -0.15) is 4.31 Å². The molecule has 1 N–H and O–H groups in total. The van der Waals surface area contributed by atoms with Gasteiger partial charge in [-0.25, -0.2) is 8.42 Å². The molecule has 0 spiro atoms. The van der Waals surface area contributed by atoms with E-state index in [1.807, 2.05) is 38.9 Å². The maximum absolute atomic E-state index is 13.6. The van der Waals surface area contributed by atoms with Crippen LogP contribution in [-0.4, -0.2) is 39.3 Å². The summed E-state index contributed by atoms with van der Waals surface area (Å²) < 4.78 is 28.6. The molecule has 3 aromatic rings. The molecular weight excluding hydrogens is 505 g/mol. The second-order valence-corrected chi connectivity index (χ2v) is 11.6. The Bertz CT molecular complexity index is 1310. The second kappa shape index (κ2) is 11.4. The van der Waals surface area contributed by atoms with Crippen LogP contribution < -0.4 is 10.2 Å². The number of rotatable bonds is 9. The molecule has 0 saturated carbocycles. The summed E-state index contributed by atoms with van der Waals surface area (Å²) in [6.07, 6.45) is 0. The third-order valence-electron chi connectivity index (χ3n) is 5.29. The van der Waals surface area contributed by atoms with E-state index in [4.69, 9.17) is 23.2 Å². The monoisotopic (exact) mass is 533 g/mol. The summed E-state index contributed by atoms with van der Waals surface area (Å²) in [5.41, 5.74) is 2.49. The van der Waals surface area contributed by atoms with Gasteiger partial charge in [-0.3, -0.25) is 4.79 Å². The third kappa shape index (κ3) is 6.76. The largest absolute Gasteiger partial charge is 0.377 e. The first-order chi connectivity index (χ1) is 16.5. The number of nitrogens with zero attached hydrogens (tertiary/aromatic N) is 2. The fraction of sp³-hybridized carbons (Fsp3) is 0.269. The molecule has 0 aromatic heterocycles. The summed E-state index contributed by atoms with van der Waals surface area (Å²) in [5, 5.41) is 3.58. The maximum Gasteiger partial charge on any atom is 0.257 e. The van der Waals surface area contributed by atoms with Crippen molar-refractivity contribution in [1.82, 2.24) is 4.31 Å². The topological polar surface area (TPSA) is 69.7 Å². The average molecular weight is 535 g/mol. The van der Waals surface area contributed by atoms with Gasteiger partial charge >= 0.3 is 0 Å². The lowest BCUT2D eigenvalue weighted by atomic mass is 10.1. The van der Waals surface area contributed by atoms with Crippen molar-refractivity contribution < 1.29 is 13.2 Å². The molecule has 0 radical (unpaired) electrons. The number of halogens is 2. The number of carbonyl (C=O) groups excluding carboxylic acids is 1. The lowest BCUT2D eigenvalue weighted by Gasteiger charge is -2.27. The van der Waals surface area contributed by atoms with Crippen LogP contribution in [0.1, 0.15) is 29.8 Å². The number of anilines is 2. The number of hydrogen-bond acceptors (Lipinski definition) is 4. The van der Waals surface area contributed by atoms with E-state index < -0.39 is 10.0 Å². The molecule has 1 amide bonds. The number of nitrogens with one attached hydrogen (secondary N) is 1. The average Bonchev–Trinajstić information content (AvgIpc) is 2.78. The molecule has 3 rings (SSSR count). The molecule has 3 aromatic carbocycles. The molecular formula is C26H29Cl2N3O3S. The predicted octanol–water partition coefficient (Wildman–Crippen LogP) is 6.16. The SMILES string of the molecule is CC(C)CN(Cc1cc(NC(=O)c2ccccc2Cl)ccc1N(C)C)S(=O)(=O)c1cccc(Cl)c1. The van der Waals surface area contributed by atoms with Crippen LogP contribution in [0.5, 0.6) is 0 Å².